The van der Waals surface area contributed by atoms with Crippen LogP contribution in [0.25, 0.3) is 22.3 Å². The van der Waals surface area contributed by atoms with E-state index in [1.807, 2.05) is 47.0 Å². The highest BCUT2D eigenvalue weighted by atomic mass is 35.5. The molecule has 1 fully saturated rings. The van der Waals surface area contributed by atoms with Crippen molar-refractivity contribution in [2.45, 2.75) is 42.6 Å². The predicted molar refractivity (Wildman–Crippen MR) is 118 cm³/mol. The first-order chi connectivity index (χ1) is 14.7. The van der Waals surface area contributed by atoms with E-state index in [1.54, 1.807) is 6.07 Å². The predicted octanol–water partition coefficient (Wildman–Crippen LogP) is 5.51. The van der Waals surface area contributed by atoms with Crippen LogP contribution in [0.3, 0.4) is 0 Å². The number of thioether (sulfide) groups is 1. The Bertz CT molecular complexity index is 1260. The zero-order valence-electron chi connectivity index (χ0n) is 16.1. The van der Waals surface area contributed by atoms with Gasteiger partial charge in [-0.15, -0.1) is 0 Å². The minimum Gasteiger partial charge on any atom is -0.338 e. The Morgan fingerprint density at radius 3 is 2.67 bits per heavy atom. The summed E-state index contributed by atoms with van der Waals surface area (Å²) >= 11 is 7.68. The molecule has 1 aliphatic rings. The molecule has 0 atom stereocenters. The van der Waals surface area contributed by atoms with Gasteiger partial charge in [0.25, 0.3) is 5.56 Å². The molecule has 0 aliphatic heterocycles. The number of halogens is 1. The normalized spacial score (nSPS) is 14.6. The topological polar surface area (TPSA) is 73.8 Å². The lowest BCUT2D eigenvalue weighted by Crippen LogP contribution is -2.26. The van der Waals surface area contributed by atoms with Gasteiger partial charge in [0, 0.05) is 11.6 Å². The Balaban J connectivity index is 1.46. The van der Waals surface area contributed by atoms with E-state index in [4.69, 9.17) is 21.1 Å². The maximum absolute atomic E-state index is 13.2. The third kappa shape index (κ3) is 3.63. The number of rotatable bonds is 5. The first kappa shape index (κ1) is 19.3. The van der Waals surface area contributed by atoms with Gasteiger partial charge in [-0.05, 0) is 37.1 Å². The molecule has 0 amide bonds. The minimum absolute atomic E-state index is 0.0253. The Hall–Kier alpha value is -2.64. The van der Waals surface area contributed by atoms with Crippen LogP contribution in [0.4, 0.5) is 0 Å². The van der Waals surface area contributed by atoms with Gasteiger partial charge in [0.1, 0.15) is 0 Å². The number of aromatic nitrogens is 4. The zero-order valence-corrected chi connectivity index (χ0v) is 17.7. The molecule has 2 aromatic heterocycles. The fraction of sp³-hybridized carbons (Fsp3) is 0.273. The largest absolute Gasteiger partial charge is 0.338 e. The molecule has 0 spiro atoms. The maximum Gasteiger partial charge on any atom is 0.262 e. The van der Waals surface area contributed by atoms with Crippen LogP contribution in [-0.2, 0) is 5.75 Å². The number of fused-ring (bicyclic) bond motifs is 1. The van der Waals surface area contributed by atoms with Gasteiger partial charge in [0.2, 0.25) is 11.7 Å². The average molecular weight is 439 g/mol. The van der Waals surface area contributed by atoms with Crippen molar-refractivity contribution in [1.82, 2.24) is 19.7 Å². The molecule has 0 unspecified atom stereocenters. The molecule has 30 heavy (non-hydrogen) atoms. The first-order valence-electron chi connectivity index (χ1n) is 9.92. The number of para-hydroxylation sites is 1. The minimum atomic E-state index is 0.0253. The van der Waals surface area contributed by atoms with E-state index < -0.39 is 0 Å². The van der Waals surface area contributed by atoms with Gasteiger partial charge in [-0.1, -0.05) is 65.6 Å². The second-order valence-electron chi connectivity index (χ2n) is 7.31. The summed E-state index contributed by atoms with van der Waals surface area (Å²) in [6.45, 7) is 0. The standard InChI is InChI=1S/C22H19ClN4O2S/c23-17-11-5-3-9-15(17)20-25-19(29-26-20)13-30-22-24-18-12-6-4-10-16(18)21(28)27(22)14-7-1-2-8-14/h3-6,9-12,14H,1-2,7-8,13H2. The SMILES string of the molecule is O=c1c2ccccc2nc(SCc2nc(-c3ccccc3Cl)no2)n1C1CCCC1. The van der Waals surface area contributed by atoms with E-state index in [2.05, 4.69) is 10.1 Å². The molecule has 1 saturated carbocycles. The lowest BCUT2D eigenvalue weighted by Gasteiger charge is -2.18. The molecular weight excluding hydrogens is 420 g/mol. The third-order valence-electron chi connectivity index (χ3n) is 5.37. The van der Waals surface area contributed by atoms with Gasteiger partial charge in [-0.3, -0.25) is 9.36 Å². The molecule has 5 rings (SSSR count). The highest BCUT2D eigenvalue weighted by molar-refractivity contribution is 7.98. The Morgan fingerprint density at radius 2 is 1.83 bits per heavy atom. The van der Waals surface area contributed by atoms with Gasteiger partial charge in [0.15, 0.2) is 5.16 Å². The van der Waals surface area contributed by atoms with Gasteiger partial charge < -0.3 is 4.52 Å². The molecule has 4 aromatic rings. The van der Waals surface area contributed by atoms with Crippen LogP contribution < -0.4 is 5.56 Å². The van der Waals surface area contributed by atoms with Crippen molar-refractivity contribution < 1.29 is 4.52 Å². The third-order valence-corrected chi connectivity index (χ3v) is 6.64. The van der Waals surface area contributed by atoms with Gasteiger partial charge in [-0.25, -0.2) is 4.98 Å². The summed E-state index contributed by atoms with van der Waals surface area (Å²) < 4.78 is 7.29. The number of benzene rings is 2. The van der Waals surface area contributed by atoms with Crippen molar-refractivity contribution in [3.8, 4) is 11.4 Å². The maximum atomic E-state index is 13.2. The summed E-state index contributed by atoms with van der Waals surface area (Å²) in [5, 5.41) is 5.98. The van der Waals surface area contributed by atoms with E-state index in [0.717, 1.165) is 31.2 Å². The molecule has 0 bridgehead atoms. The monoisotopic (exact) mass is 438 g/mol. The van der Waals surface area contributed by atoms with E-state index in [1.165, 1.54) is 11.8 Å². The van der Waals surface area contributed by atoms with Crippen LogP contribution in [0.2, 0.25) is 5.02 Å². The Morgan fingerprint density at radius 1 is 1.07 bits per heavy atom. The molecule has 152 valence electrons. The summed E-state index contributed by atoms with van der Waals surface area (Å²) in [6.07, 6.45) is 4.28. The summed E-state index contributed by atoms with van der Waals surface area (Å²) in [6, 6.07) is 15.1. The van der Waals surface area contributed by atoms with Crippen molar-refractivity contribution in [2.24, 2.45) is 0 Å². The quantitative estimate of drug-likeness (QED) is 0.302. The van der Waals surface area contributed by atoms with Crippen LogP contribution in [0.5, 0.6) is 0 Å². The van der Waals surface area contributed by atoms with Crippen LogP contribution in [0, 0.1) is 0 Å². The molecule has 2 heterocycles. The van der Waals surface area contributed by atoms with Crippen LogP contribution >= 0.6 is 23.4 Å². The fourth-order valence-corrected chi connectivity index (χ4v) is 5.03. The lowest BCUT2D eigenvalue weighted by atomic mass is 10.2. The molecule has 0 saturated heterocycles. The van der Waals surface area contributed by atoms with Crippen molar-refractivity contribution >= 4 is 34.3 Å². The van der Waals surface area contributed by atoms with Crippen molar-refractivity contribution in [2.75, 3.05) is 0 Å². The van der Waals surface area contributed by atoms with E-state index in [0.29, 0.717) is 38.5 Å². The average Bonchev–Trinajstić information content (AvgIpc) is 3.45. The molecule has 0 N–H and O–H groups in total. The van der Waals surface area contributed by atoms with Crippen molar-refractivity contribution in [3.05, 3.63) is 69.8 Å². The second-order valence-corrected chi connectivity index (χ2v) is 8.65. The smallest absolute Gasteiger partial charge is 0.262 e. The lowest BCUT2D eigenvalue weighted by molar-refractivity contribution is 0.391. The van der Waals surface area contributed by atoms with Crippen LogP contribution in [-0.4, -0.2) is 19.7 Å². The van der Waals surface area contributed by atoms with Gasteiger partial charge in [0.05, 0.1) is 21.7 Å². The number of nitrogens with zero attached hydrogens (tertiary/aromatic N) is 4. The van der Waals surface area contributed by atoms with E-state index in [9.17, 15) is 4.79 Å². The summed E-state index contributed by atoms with van der Waals surface area (Å²) in [4.78, 5) is 22.5. The number of hydrogen-bond acceptors (Lipinski definition) is 6. The summed E-state index contributed by atoms with van der Waals surface area (Å²) in [5.41, 5.74) is 1.46. The fourth-order valence-electron chi connectivity index (χ4n) is 3.90. The zero-order chi connectivity index (χ0) is 20.5. The molecule has 6 nitrogen and oxygen atoms in total. The second kappa shape index (κ2) is 8.24. The van der Waals surface area contributed by atoms with E-state index >= 15 is 0 Å². The highest BCUT2D eigenvalue weighted by Crippen LogP contribution is 2.33. The summed E-state index contributed by atoms with van der Waals surface area (Å²) in [7, 11) is 0. The Labute approximate surface area is 182 Å². The van der Waals surface area contributed by atoms with E-state index in [-0.39, 0.29) is 11.6 Å². The molecule has 2 aromatic carbocycles. The molecule has 0 radical (unpaired) electrons. The highest BCUT2D eigenvalue weighted by Gasteiger charge is 2.23. The summed E-state index contributed by atoms with van der Waals surface area (Å²) in [5.74, 6) is 1.35. The molecular formula is C22H19ClN4O2S. The van der Waals surface area contributed by atoms with Gasteiger partial charge in [-0.2, -0.15) is 4.98 Å². The van der Waals surface area contributed by atoms with Gasteiger partial charge >= 0.3 is 0 Å². The number of hydrogen-bond donors (Lipinski definition) is 0. The Kier molecular flexibility index (Phi) is 5.31. The first-order valence-corrected chi connectivity index (χ1v) is 11.3. The molecule has 8 heteroatoms. The van der Waals surface area contributed by atoms with Crippen LogP contribution in [0.15, 0.2) is 63.0 Å². The van der Waals surface area contributed by atoms with Crippen molar-refractivity contribution in [1.29, 1.82) is 0 Å². The van der Waals surface area contributed by atoms with Crippen LogP contribution in [0.1, 0.15) is 37.6 Å². The van der Waals surface area contributed by atoms with Crippen molar-refractivity contribution in [3.63, 3.8) is 0 Å². The molecule has 1 aliphatic carbocycles.